The van der Waals surface area contributed by atoms with Crippen LogP contribution in [0.25, 0.3) is 10.9 Å². The number of hydrogen-bond donors (Lipinski definition) is 2. The maximum Gasteiger partial charge on any atom is 0.419 e. The van der Waals surface area contributed by atoms with Crippen molar-refractivity contribution in [1.82, 2.24) is 4.98 Å². The molecule has 0 atom stereocenters. The van der Waals surface area contributed by atoms with Gasteiger partial charge in [-0.25, -0.2) is 4.98 Å². The summed E-state index contributed by atoms with van der Waals surface area (Å²) >= 11 is 0. The quantitative estimate of drug-likeness (QED) is 0.759. The highest BCUT2D eigenvalue weighted by molar-refractivity contribution is 5.83. The second-order valence-corrected chi connectivity index (χ2v) is 5.03. The molecule has 6 heteroatoms. The zero-order chi connectivity index (χ0) is 15.6. The molecular formula is C16H15F3N3+. The lowest BCUT2D eigenvalue weighted by Crippen LogP contribution is -2.18. The summed E-state index contributed by atoms with van der Waals surface area (Å²) < 4.78 is 37.4. The second kappa shape index (κ2) is 5.71. The molecule has 0 unspecified atom stereocenters. The van der Waals surface area contributed by atoms with Crippen molar-refractivity contribution in [3.63, 3.8) is 0 Å². The van der Waals surface area contributed by atoms with Crippen LogP contribution in [-0.2, 0) is 12.6 Å². The Labute approximate surface area is 125 Å². The number of rotatable bonds is 4. The molecule has 3 aromatic rings. The largest absolute Gasteiger partial charge is 0.419 e. The number of H-pyrrole nitrogens is 2. The van der Waals surface area contributed by atoms with Crippen molar-refractivity contribution in [2.75, 3.05) is 11.9 Å². The SMILES string of the molecule is FC(F)(F)c1ccc(NCCc2c[nH]c3ccccc23)[nH+]c1. The molecule has 2 aromatic heterocycles. The molecule has 2 heterocycles. The van der Waals surface area contributed by atoms with Gasteiger partial charge in [-0.3, -0.25) is 5.32 Å². The lowest BCUT2D eigenvalue weighted by Gasteiger charge is -2.04. The molecule has 114 valence electrons. The number of aromatic nitrogens is 2. The van der Waals surface area contributed by atoms with Crippen molar-refractivity contribution in [1.29, 1.82) is 0 Å². The summed E-state index contributed by atoms with van der Waals surface area (Å²) in [4.78, 5) is 5.82. The van der Waals surface area contributed by atoms with Crippen LogP contribution >= 0.6 is 0 Å². The van der Waals surface area contributed by atoms with Gasteiger partial charge in [-0.15, -0.1) is 0 Å². The summed E-state index contributed by atoms with van der Waals surface area (Å²) in [5.74, 6) is 0.563. The average molecular weight is 306 g/mol. The van der Waals surface area contributed by atoms with Crippen LogP contribution in [-0.4, -0.2) is 11.5 Å². The van der Waals surface area contributed by atoms with E-state index in [0.29, 0.717) is 12.4 Å². The molecule has 0 aliphatic heterocycles. The summed E-state index contributed by atoms with van der Waals surface area (Å²) in [7, 11) is 0. The van der Waals surface area contributed by atoms with E-state index in [-0.39, 0.29) is 0 Å². The number of hydrogen-bond acceptors (Lipinski definition) is 1. The second-order valence-electron chi connectivity index (χ2n) is 5.03. The van der Waals surface area contributed by atoms with Gasteiger partial charge in [0.05, 0.1) is 12.1 Å². The van der Waals surface area contributed by atoms with Crippen LogP contribution in [0.2, 0.25) is 0 Å². The van der Waals surface area contributed by atoms with E-state index in [1.54, 1.807) is 0 Å². The maximum atomic E-state index is 12.5. The van der Waals surface area contributed by atoms with Crippen LogP contribution in [0.5, 0.6) is 0 Å². The number of halogens is 3. The van der Waals surface area contributed by atoms with Gasteiger partial charge in [0.1, 0.15) is 6.20 Å². The van der Waals surface area contributed by atoms with Crippen molar-refractivity contribution >= 4 is 16.7 Å². The van der Waals surface area contributed by atoms with Crippen molar-refractivity contribution in [3.8, 4) is 0 Å². The molecule has 1 aromatic carbocycles. The number of alkyl halides is 3. The first kappa shape index (κ1) is 14.4. The normalized spacial score (nSPS) is 11.8. The molecule has 0 aliphatic carbocycles. The maximum absolute atomic E-state index is 12.5. The molecule has 0 amide bonds. The Bertz CT molecular complexity index is 760. The number of para-hydroxylation sites is 1. The van der Waals surface area contributed by atoms with Gasteiger partial charge in [-0.05, 0) is 17.7 Å². The third-order valence-corrected chi connectivity index (χ3v) is 3.52. The Morgan fingerprint density at radius 1 is 1.09 bits per heavy atom. The predicted octanol–water partition coefficient (Wildman–Crippen LogP) is 3.66. The molecule has 0 bridgehead atoms. The number of nitrogens with one attached hydrogen (secondary N) is 3. The summed E-state index contributed by atoms with van der Waals surface area (Å²) in [5, 5.41) is 4.26. The topological polar surface area (TPSA) is 42.0 Å². The molecule has 0 spiro atoms. The van der Waals surface area contributed by atoms with Crippen molar-refractivity contribution in [2.45, 2.75) is 12.6 Å². The van der Waals surface area contributed by atoms with Gasteiger partial charge in [0.25, 0.3) is 5.82 Å². The number of benzene rings is 1. The Balaban J connectivity index is 1.61. The van der Waals surface area contributed by atoms with Gasteiger partial charge in [0.15, 0.2) is 0 Å². The summed E-state index contributed by atoms with van der Waals surface area (Å²) in [6.45, 7) is 0.629. The minimum absolute atomic E-state index is 0.563. The third-order valence-electron chi connectivity index (χ3n) is 3.52. The minimum atomic E-state index is -4.32. The third kappa shape index (κ3) is 3.05. The smallest absolute Gasteiger partial charge is 0.361 e. The highest BCUT2D eigenvalue weighted by atomic mass is 19.4. The van der Waals surface area contributed by atoms with Crippen LogP contribution < -0.4 is 10.3 Å². The first-order chi connectivity index (χ1) is 10.5. The number of aromatic amines is 2. The summed E-state index contributed by atoms with van der Waals surface area (Å²) in [6.07, 6.45) is -0.616. The predicted molar refractivity (Wildman–Crippen MR) is 78.5 cm³/mol. The van der Waals surface area contributed by atoms with Gasteiger partial charge in [-0.2, -0.15) is 13.2 Å². The van der Waals surface area contributed by atoms with Crippen molar-refractivity contribution < 1.29 is 18.2 Å². The van der Waals surface area contributed by atoms with Gasteiger partial charge in [0.2, 0.25) is 0 Å². The fourth-order valence-electron chi connectivity index (χ4n) is 2.38. The molecule has 0 aliphatic rings. The highest BCUT2D eigenvalue weighted by Gasteiger charge is 2.31. The Morgan fingerprint density at radius 2 is 1.91 bits per heavy atom. The molecule has 3 rings (SSSR count). The van der Waals surface area contributed by atoms with Crippen LogP contribution in [0.4, 0.5) is 19.0 Å². The fourth-order valence-corrected chi connectivity index (χ4v) is 2.38. The zero-order valence-corrected chi connectivity index (χ0v) is 11.7. The summed E-state index contributed by atoms with van der Waals surface area (Å²) in [5.41, 5.74) is 1.57. The van der Waals surface area contributed by atoms with E-state index in [1.165, 1.54) is 17.0 Å². The van der Waals surface area contributed by atoms with Crippen LogP contribution in [0.1, 0.15) is 11.1 Å². The summed E-state index contributed by atoms with van der Waals surface area (Å²) in [6, 6.07) is 10.5. The molecule has 0 saturated carbocycles. The molecular weight excluding hydrogens is 291 g/mol. The number of pyridine rings is 1. The molecule has 0 radical (unpaired) electrons. The molecule has 22 heavy (non-hydrogen) atoms. The lowest BCUT2D eigenvalue weighted by atomic mass is 10.1. The monoisotopic (exact) mass is 306 g/mol. The Morgan fingerprint density at radius 3 is 2.64 bits per heavy atom. The first-order valence-corrected chi connectivity index (χ1v) is 6.92. The van der Waals surface area contributed by atoms with Gasteiger partial charge >= 0.3 is 6.18 Å². The first-order valence-electron chi connectivity index (χ1n) is 6.92. The molecule has 0 saturated heterocycles. The zero-order valence-electron chi connectivity index (χ0n) is 11.7. The van der Waals surface area contributed by atoms with Gasteiger partial charge in [-0.1, -0.05) is 18.2 Å². The Hall–Kier alpha value is -2.50. The van der Waals surface area contributed by atoms with E-state index >= 15 is 0 Å². The minimum Gasteiger partial charge on any atom is -0.361 e. The van der Waals surface area contributed by atoms with E-state index in [9.17, 15) is 13.2 Å². The lowest BCUT2D eigenvalue weighted by molar-refractivity contribution is -0.364. The number of anilines is 1. The van der Waals surface area contributed by atoms with Crippen LogP contribution in [0.15, 0.2) is 48.8 Å². The van der Waals surface area contributed by atoms with E-state index in [0.717, 1.165) is 24.2 Å². The van der Waals surface area contributed by atoms with E-state index in [4.69, 9.17) is 0 Å². The van der Waals surface area contributed by atoms with E-state index in [1.807, 2.05) is 30.5 Å². The fraction of sp³-hybridized carbons (Fsp3) is 0.188. The standard InChI is InChI=1S/C16H14F3N3/c17-16(18,19)12-5-6-15(22-10-12)20-8-7-11-9-21-14-4-2-1-3-13(11)14/h1-6,9-10,21H,7-8H2,(H,20,22)/p+1. The average Bonchev–Trinajstić information content (AvgIpc) is 2.90. The van der Waals surface area contributed by atoms with Crippen LogP contribution in [0, 0.1) is 0 Å². The van der Waals surface area contributed by atoms with E-state index in [2.05, 4.69) is 15.3 Å². The Kier molecular flexibility index (Phi) is 3.75. The van der Waals surface area contributed by atoms with Crippen molar-refractivity contribution in [2.24, 2.45) is 0 Å². The van der Waals surface area contributed by atoms with E-state index < -0.39 is 11.7 Å². The molecule has 0 fully saturated rings. The highest BCUT2D eigenvalue weighted by Crippen LogP contribution is 2.28. The molecule has 3 nitrogen and oxygen atoms in total. The van der Waals surface area contributed by atoms with Gasteiger partial charge < -0.3 is 4.98 Å². The number of fused-ring (bicyclic) bond motifs is 1. The van der Waals surface area contributed by atoms with Gasteiger partial charge in [0, 0.05) is 29.6 Å². The van der Waals surface area contributed by atoms with Crippen LogP contribution in [0.3, 0.4) is 0 Å². The molecule has 3 N–H and O–H groups in total. The van der Waals surface area contributed by atoms with Crippen molar-refractivity contribution in [3.05, 3.63) is 59.9 Å².